The van der Waals surface area contributed by atoms with Gasteiger partial charge in [0.25, 0.3) is 0 Å². The van der Waals surface area contributed by atoms with Gasteiger partial charge in [-0.25, -0.2) is 9.97 Å². The lowest BCUT2D eigenvalue weighted by Gasteiger charge is -2.14. The Bertz CT molecular complexity index is 730. The Hall–Kier alpha value is -2.10. The summed E-state index contributed by atoms with van der Waals surface area (Å²) < 4.78 is 11.9. The summed E-state index contributed by atoms with van der Waals surface area (Å²) in [6.07, 6.45) is 19.0. The predicted molar refractivity (Wildman–Crippen MR) is 139 cm³/mol. The van der Waals surface area contributed by atoms with Crippen molar-refractivity contribution in [3.63, 3.8) is 0 Å². The van der Waals surface area contributed by atoms with Gasteiger partial charge in [0.15, 0.2) is 11.6 Å². The van der Waals surface area contributed by atoms with Gasteiger partial charge in [-0.2, -0.15) is 0 Å². The minimum absolute atomic E-state index is 0.241. The van der Waals surface area contributed by atoms with Crippen molar-refractivity contribution in [3.05, 3.63) is 36.7 Å². The Balaban J connectivity index is 1.65. The van der Waals surface area contributed by atoms with E-state index in [9.17, 15) is 0 Å². The highest BCUT2D eigenvalue weighted by atomic mass is 16.5. The van der Waals surface area contributed by atoms with E-state index in [0.29, 0.717) is 5.82 Å². The quantitative estimate of drug-likeness (QED) is 0.211. The second kappa shape index (κ2) is 16.5. The molecule has 0 amide bonds. The highest BCUT2D eigenvalue weighted by molar-refractivity contribution is 5.56. The topological polar surface area (TPSA) is 44.2 Å². The van der Waals surface area contributed by atoms with Gasteiger partial charge in [-0.1, -0.05) is 78.6 Å². The molecule has 0 aliphatic rings. The van der Waals surface area contributed by atoms with E-state index in [-0.39, 0.29) is 6.10 Å². The molecule has 0 radical (unpaired) electrons. The summed E-state index contributed by atoms with van der Waals surface area (Å²) in [6, 6.07) is 8.07. The Morgan fingerprint density at radius 2 is 1.36 bits per heavy atom. The van der Waals surface area contributed by atoms with Crippen molar-refractivity contribution in [1.82, 2.24) is 9.97 Å². The number of nitrogens with zero attached hydrogens (tertiary/aromatic N) is 2. The molecule has 0 bridgehead atoms. The predicted octanol–water partition coefficient (Wildman–Crippen LogP) is 8.65. The molecule has 1 heterocycles. The summed E-state index contributed by atoms with van der Waals surface area (Å²) >= 11 is 0. The number of aromatic nitrogens is 2. The highest BCUT2D eigenvalue weighted by Gasteiger charge is 2.06. The lowest BCUT2D eigenvalue weighted by atomic mass is 10.0. The van der Waals surface area contributed by atoms with Crippen molar-refractivity contribution in [2.45, 2.75) is 111 Å². The third-order valence-electron chi connectivity index (χ3n) is 6.35. The maximum atomic E-state index is 6.04. The molecule has 0 saturated carbocycles. The molecule has 33 heavy (non-hydrogen) atoms. The summed E-state index contributed by atoms with van der Waals surface area (Å²) in [5.41, 5.74) is 0.988. The molecule has 4 heteroatoms. The molecule has 0 N–H and O–H groups in total. The van der Waals surface area contributed by atoms with Crippen LogP contribution in [0.25, 0.3) is 11.4 Å². The molecule has 1 aromatic heterocycles. The van der Waals surface area contributed by atoms with Gasteiger partial charge < -0.3 is 9.47 Å². The average Bonchev–Trinajstić information content (AvgIpc) is 2.84. The van der Waals surface area contributed by atoms with Gasteiger partial charge >= 0.3 is 0 Å². The molecule has 2 rings (SSSR count). The zero-order valence-electron chi connectivity index (χ0n) is 21.5. The lowest BCUT2D eigenvalue weighted by Crippen LogP contribution is -2.11. The smallest absolute Gasteiger partial charge is 0.159 e. The van der Waals surface area contributed by atoms with Crippen LogP contribution >= 0.6 is 0 Å². The van der Waals surface area contributed by atoms with E-state index in [0.717, 1.165) is 42.4 Å². The number of rotatable bonds is 18. The van der Waals surface area contributed by atoms with Crippen LogP contribution in [0.15, 0.2) is 36.7 Å². The van der Waals surface area contributed by atoms with Crippen LogP contribution in [0.2, 0.25) is 0 Å². The third-order valence-corrected chi connectivity index (χ3v) is 6.35. The minimum Gasteiger partial charge on any atom is -0.491 e. The van der Waals surface area contributed by atoms with Crippen LogP contribution in [-0.4, -0.2) is 22.7 Å². The molecule has 2 aromatic rings. The minimum atomic E-state index is 0.241. The molecular formula is C29H46N2O2. The van der Waals surface area contributed by atoms with Crippen molar-refractivity contribution in [3.8, 4) is 22.9 Å². The summed E-state index contributed by atoms with van der Waals surface area (Å²) in [7, 11) is 0. The van der Waals surface area contributed by atoms with E-state index in [1.807, 2.05) is 24.3 Å². The van der Waals surface area contributed by atoms with Crippen LogP contribution in [0.4, 0.5) is 0 Å². The molecule has 1 unspecified atom stereocenters. The molecule has 0 aliphatic heterocycles. The van der Waals surface area contributed by atoms with Crippen LogP contribution in [0.5, 0.6) is 11.5 Å². The molecule has 184 valence electrons. The molecule has 1 aromatic carbocycles. The summed E-state index contributed by atoms with van der Waals surface area (Å²) in [4.78, 5) is 8.97. The Kier molecular flexibility index (Phi) is 13.6. The van der Waals surface area contributed by atoms with Crippen molar-refractivity contribution in [2.24, 2.45) is 5.92 Å². The van der Waals surface area contributed by atoms with Crippen molar-refractivity contribution >= 4 is 0 Å². The highest BCUT2D eigenvalue weighted by Crippen LogP contribution is 2.22. The van der Waals surface area contributed by atoms with Gasteiger partial charge in [-0.05, 0) is 56.4 Å². The summed E-state index contributed by atoms with van der Waals surface area (Å²) in [6.45, 7) is 9.75. The van der Waals surface area contributed by atoms with E-state index >= 15 is 0 Å². The Morgan fingerprint density at radius 3 is 2.06 bits per heavy atom. The molecule has 0 saturated heterocycles. The van der Waals surface area contributed by atoms with Gasteiger partial charge in [-0.15, -0.1) is 0 Å². The zero-order valence-corrected chi connectivity index (χ0v) is 21.5. The fourth-order valence-corrected chi connectivity index (χ4v) is 3.89. The normalized spacial score (nSPS) is 13.0. The van der Waals surface area contributed by atoms with Crippen molar-refractivity contribution < 1.29 is 9.47 Å². The first kappa shape index (κ1) is 27.1. The van der Waals surface area contributed by atoms with Crippen LogP contribution < -0.4 is 9.47 Å². The van der Waals surface area contributed by atoms with Gasteiger partial charge in [-0.3, -0.25) is 0 Å². The molecule has 0 aliphatic carbocycles. The second-order valence-electron chi connectivity index (χ2n) is 9.46. The number of unbranched alkanes of at least 4 members (excludes halogenated alkanes) is 7. The summed E-state index contributed by atoms with van der Waals surface area (Å²) in [5, 5.41) is 0. The monoisotopic (exact) mass is 454 g/mol. The van der Waals surface area contributed by atoms with Crippen LogP contribution in [-0.2, 0) is 0 Å². The lowest BCUT2D eigenvalue weighted by molar-refractivity contribution is 0.206. The van der Waals surface area contributed by atoms with Crippen molar-refractivity contribution in [2.75, 3.05) is 6.61 Å². The van der Waals surface area contributed by atoms with E-state index in [2.05, 4.69) is 37.7 Å². The van der Waals surface area contributed by atoms with E-state index in [4.69, 9.17) is 9.47 Å². The van der Waals surface area contributed by atoms with Gasteiger partial charge in [0.2, 0.25) is 0 Å². The first-order valence-corrected chi connectivity index (χ1v) is 13.3. The maximum absolute atomic E-state index is 6.04. The van der Waals surface area contributed by atoms with Gasteiger partial charge in [0, 0.05) is 5.56 Å². The fourth-order valence-electron chi connectivity index (χ4n) is 3.89. The SMILES string of the molecule is CCCCCC[C@@H](C)Oc1ccc(-c2ncc(OCCCCCCCC(C)CC)cn2)cc1. The van der Waals surface area contributed by atoms with E-state index < -0.39 is 0 Å². The first-order valence-electron chi connectivity index (χ1n) is 13.3. The molecular weight excluding hydrogens is 408 g/mol. The zero-order chi connectivity index (χ0) is 23.7. The average molecular weight is 455 g/mol. The van der Waals surface area contributed by atoms with Crippen LogP contribution in [0.3, 0.4) is 0 Å². The van der Waals surface area contributed by atoms with Crippen molar-refractivity contribution in [1.29, 1.82) is 0 Å². The Morgan fingerprint density at radius 1 is 0.727 bits per heavy atom. The van der Waals surface area contributed by atoms with Crippen LogP contribution in [0.1, 0.15) is 105 Å². The number of ether oxygens (including phenoxy) is 2. The van der Waals surface area contributed by atoms with Gasteiger partial charge in [0.1, 0.15) is 5.75 Å². The first-order chi connectivity index (χ1) is 16.1. The largest absolute Gasteiger partial charge is 0.491 e. The number of benzene rings is 1. The maximum Gasteiger partial charge on any atom is 0.159 e. The summed E-state index contributed by atoms with van der Waals surface area (Å²) in [5.74, 6) is 3.23. The van der Waals surface area contributed by atoms with E-state index in [1.165, 1.54) is 64.2 Å². The van der Waals surface area contributed by atoms with Gasteiger partial charge in [0.05, 0.1) is 25.1 Å². The third kappa shape index (κ3) is 11.5. The fraction of sp³-hybridized carbons (Fsp3) is 0.655. The number of hydrogen-bond acceptors (Lipinski definition) is 4. The number of hydrogen-bond donors (Lipinski definition) is 0. The molecule has 2 atom stereocenters. The van der Waals surface area contributed by atoms with Crippen LogP contribution in [0, 0.1) is 5.92 Å². The molecule has 4 nitrogen and oxygen atoms in total. The second-order valence-corrected chi connectivity index (χ2v) is 9.46. The van der Waals surface area contributed by atoms with E-state index in [1.54, 1.807) is 12.4 Å². The standard InChI is InChI=1S/C29H46N2O2/c1-5-7-8-13-16-25(4)33-27-19-17-26(18-20-27)29-30-22-28(23-31-29)32-21-14-11-9-10-12-15-24(3)6-2/h17-20,22-25H,5-16,21H2,1-4H3/t24?,25-/m1/s1. The molecule has 0 spiro atoms. The Labute approximate surface area is 202 Å². The molecule has 0 fully saturated rings.